The van der Waals surface area contributed by atoms with Gasteiger partial charge in [-0.2, -0.15) is 5.10 Å². The van der Waals surface area contributed by atoms with Crippen molar-refractivity contribution < 1.29 is 24.2 Å². The van der Waals surface area contributed by atoms with Crippen molar-refractivity contribution >= 4 is 39.3 Å². The number of aliphatic carboxylic acids is 1. The van der Waals surface area contributed by atoms with Gasteiger partial charge in [-0.1, -0.05) is 0 Å². The zero-order valence-corrected chi connectivity index (χ0v) is 15.5. The summed E-state index contributed by atoms with van der Waals surface area (Å²) in [6, 6.07) is 1.00. The van der Waals surface area contributed by atoms with Gasteiger partial charge in [-0.25, -0.2) is 4.79 Å². The second-order valence-corrected chi connectivity index (χ2v) is 7.25. The zero-order chi connectivity index (χ0) is 19.0. The average molecular weight is 380 g/mol. The first-order valence-electron chi connectivity index (χ1n) is 8.15. The summed E-state index contributed by atoms with van der Waals surface area (Å²) in [5.41, 5.74) is 0.843. The van der Waals surface area contributed by atoms with Crippen LogP contribution in [-0.2, 0) is 21.4 Å². The molecule has 2 amide bonds. The number of hydrogen-bond acceptors (Lipinski definition) is 6. The molecular weight excluding hydrogens is 360 g/mol. The van der Waals surface area contributed by atoms with Gasteiger partial charge in [0.15, 0.2) is 6.10 Å². The molecule has 0 bridgehead atoms. The van der Waals surface area contributed by atoms with Crippen LogP contribution in [0.4, 0.5) is 0 Å². The molecule has 9 nitrogen and oxygen atoms in total. The Bertz CT molecular complexity index is 839. The van der Waals surface area contributed by atoms with Crippen LogP contribution in [0.5, 0.6) is 0 Å². The summed E-state index contributed by atoms with van der Waals surface area (Å²) in [5.74, 6) is -1.77. The molecule has 2 unspecified atom stereocenters. The van der Waals surface area contributed by atoms with E-state index < -0.39 is 18.1 Å². The monoisotopic (exact) mass is 380 g/mol. The third kappa shape index (κ3) is 3.42. The standard InChI is InChI=1S/C16H20N4O5S/c1-8-10-6-12(26-15(10)19(3)18-8)13(21)17-9(2)14(22)20-4-5-25-11(7-20)16(23)24/h6,9,11H,4-5,7H2,1-3H3,(H,17,21)(H,23,24). The van der Waals surface area contributed by atoms with Gasteiger partial charge in [0, 0.05) is 19.0 Å². The predicted molar refractivity (Wildman–Crippen MR) is 94.2 cm³/mol. The molecular formula is C16H20N4O5S. The molecule has 1 fully saturated rings. The molecule has 0 aliphatic carbocycles. The van der Waals surface area contributed by atoms with Crippen LogP contribution in [0.15, 0.2) is 6.07 Å². The molecule has 1 aliphatic heterocycles. The van der Waals surface area contributed by atoms with E-state index in [9.17, 15) is 14.4 Å². The Kier molecular flexibility index (Phi) is 4.97. The van der Waals surface area contributed by atoms with E-state index >= 15 is 0 Å². The van der Waals surface area contributed by atoms with E-state index in [1.54, 1.807) is 17.7 Å². The molecule has 2 atom stereocenters. The van der Waals surface area contributed by atoms with Gasteiger partial charge in [0.05, 0.1) is 23.7 Å². The number of morpholine rings is 1. The summed E-state index contributed by atoms with van der Waals surface area (Å²) >= 11 is 1.31. The summed E-state index contributed by atoms with van der Waals surface area (Å²) in [5, 5.41) is 16.9. The van der Waals surface area contributed by atoms with Gasteiger partial charge in [-0.15, -0.1) is 11.3 Å². The lowest BCUT2D eigenvalue weighted by atomic mass is 10.2. The number of amides is 2. The highest BCUT2D eigenvalue weighted by Crippen LogP contribution is 2.27. The van der Waals surface area contributed by atoms with Crippen LogP contribution in [-0.4, -0.2) is 69.4 Å². The van der Waals surface area contributed by atoms with Crippen molar-refractivity contribution in [2.45, 2.75) is 26.0 Å². The number of carbonyl (C=O) groups excluding carboxylic acids is 2. The molecule has 1 saturated heterocycles. The number of hydrogen-bond donors (Lipinski definition) is 2. The Labute approximate surface area is 153 Å². The van der Waals surface area contributed by atoms with Gasteiger partial charge in [-0.05, 0) is 19.9 Å². The van der Waals surface area contributed by atoms with Crippen LogP contribution in [0, 0.1) is 6.92 Å². The molecule has 140 valence electrons. The highest BCUT2D eigenvalue weighted by atomic mass is 32.1. The first kappa shape index (κ1) is 18.3. The van der Waals surface area contributed by atoms with Gasteiger partial charge in [0.2, 0.25) is 5.91 Å². The van der Waals surface area contributed by atoms with Crippen molar-refractivity contribution in [3.63, 3.8) is 0 Å². The molecule has 26 heavy (non-hydrogen) atoms. The van der Waals surface area contributed by atoms with E-state index in [4.69, 9.17) is 9.84 Å². The topological polar surface area (TPSA) is 114 Å². The van der Waals surface area contributed by atoms with E-state index in [0.717, 1.165) is 15.9 Å². The number of carboxylic acids is 1. The number of carbonyl (C=O) groups is 3. The first-order chi connectivity index (χ1) is 12.3. The highest BCUT2D eigenvalue weighted by molar-refractivity contribution is 7.20. The first-order valence-corrected chi connectivity index (χ1v) is 8.96. The second kappa shape index (κ2) is 7.04. The fourth-order valence-corrected chi connectivity index (χ4v) is 3.95. The maximum absolute atomic E-state index is 12.5. The second-order valence-electron chi connectivity index (χ2n) is 6.22. The molecule has 2 N–H and O–H groups in total. The van der Waals surface area contributed by atoms with Gasteiger partial charge >= 0.3 is 5.97 Å². The normalized spacial score (nSPS) is 18.7. The minimum absolute atomic E-state index is 0.0257. The molecule has 2 aromatic heterocycles. The summed E-state index contributed by atoms with van der Waals surface area (Å²) in [6.45, 7) is 3.90. The number of aromatic nitrogens is 2. The Hall–Kier alpha value is -2.46. The van der Waals surface area contributed by atoms with Crippen molar-refractivity contribution in [2.24, 2.45) is 7.05 Å². The SMILES string of the molecule is Cc1nn(C)c2sc(C(=O)NC(C)C(=O)N3CCOC(C(=O)O)C3)cc12. The molecule has 0 saturated carbocycles. The van der Waals surface area contributed by atoms with Gasteiger partial charge < -0.3 is 20.1 Å². The summed E-state index contributed by atoms with van der Waals surface area (Å²) in [4.78, 5) is 38.8. The quantitative estimate of drug-likeness (QED) is 0.792. The maximum atomic E-state index is 12.5. The fourth-order valence-electron chi connectivity index (χ4n) is 2.92. The Balaban J connectivity index is 1.67. The molecule has 0 radical (unpaired) electrons. The van der Waals surface area contributed by atoms with Crippen LogP contribution in [0.2, 0.25) is 0 Å². The Morgan fingerprint density at radius 3 is 2.85 bits per heavy atom. The number of nitrogens with one attached hydrogen (secondary N) is 1. The van der Waals surface area contributed by atoms with E-state index in [1.165, 1.54) is 16.2 Å². The molecule has 3 rings (SSSR count). The summed E-state index contributed by atoms with van der Waals surface area (Å²) < 4.78 is 6.83. The molecule has 2 aromatic rings. The lowest BCUT2D eigenvalue weighted by Gasteiger charge is -2.32. The van der Waals surface area contributed by atoms with Crippen molar-refractivity contribution in [1.82, 2.24) is 20.0 Å². The van der Waals surface area contributed by atoms with E-state index in [2.05, 4.69) is 10.4 Å². The number of rotatable bonds is 4. The number of aryl methyl sites for hydroxylation is 2. The van der Waals surface area contributed by atoms with Crippen LogP contribution < -0.4 is 5.32 Å². The number of nitrogens with zero attached hydrogens (tertiary/aromatic N) is 3. The lowest BCUT2D eigenvalue weighted by Crippen LogP contribution is -2.54. The van der Waals surface area contributed by atoms with Crippen LogP contribution in [0.25, 0.3) is 10.2 Å². The maximum Gasteiger partial charge on any atom is 0.334 e. The largest absolute Gasteiger partial charge is 0.479 e. The van der Waals surface area contributed by atoms with Gasteiger partial charge in [0.1, 0.15) is 10.9 Å². The van der Waals surface area contributed by atoms with Crippen molar-refractivity contribution in [1.29, 1.82) is 0 Å². The van der Waals surface area contributed by atoms with Crippen molar-refractivity contribution in [3.8, 4) is 0 Å². The van der Waals surface area contributed by atoms with E-state index in [-0.39, 0.29) is 25.0 Å². The van der Waals surface area contributed by atoms with E-state index in [1.807, 2.05) is 14.0 Å². The molecule has 10 heteroatoms. The van der Waals surface area contributed by atoms with E-state index in [0.29, 0.717) is 11.4 Å². The third-order valence-electron chi connectivity index (χ3n) is 4.29. The van der Waals surface area contributed by atoms with Gasteiger partial charge in [-0.3, -0.25) is 14.3 Å². The number of ether oxygens (including phenoxy) is 1. The molecule has 1 aliphatic rings. The summed E-state index contributed by atoms with van der Waals surface area (Å²) in [7, 11) is 1.82. The minimum Gasteiger partial charge on any atom is -0.479 e. The van der Waals surface area contributed by atoms with Crippen molar-refractivity contribution in [3.05, 3.63) is 16.6 Å². The fraction of sp³-hybridized carbons (Fsp3) is 0.500. The number of carboxylic acid groups (broad SMARTS) is 1. The van der Waals surface area contributed by atoms with Gasteiger partial charge in [0.25, 0.3) is 5.91 Å². The predicted octanol–water partition coefficient (Wildman–Crippen LogP) is 0.374. The molecule has 0 aromatic carbocycles. The molecule has 3 heterocycles. The number of fused-ring (bicyclic) bond motifs is 1. The molecule has 0 spiro atoms. The highest BCUT2D eigenvalue weighted by Gasteiger charge is 2.31. The zero-order valence-electron chi connectivity index (χ0n) is 14.7. The van der Waals surface area contributed by atoms with Crippen molar-refractivity contribution in [2.75, 3.05) is 19.7 Å². The summed E-state index contributed by atoms with van der Waals surface area (Å²) in [6.07, 6.45) is -1.03. The van der Waals surface area contributed by atoms with Crippen LogP contribution >= 0.6 is 11.3 Å². The number of thiophene rings is 1. The average Bonchev–Trinajstić information content (AvgIpc) is 3.16. The Morgan fingerprint density at radius 1 is 1.46 bits per heavy atom. The smallest absolute Gasteiger partial charge is 0.334 e. The third-order valence-corrected chi connectivity index (χ3v) is 5.49. The lowest BCUT2D eigenvalue weighted by molar-refractivity contribution is -0.159. The Morgan fingerprint density at radius 2 is 2.19 bits per heavy atom. The minimum atomic E-state index is -1.10. The van der Waals surface area contributed by atoms with Crippen LogP contribution in [0.1, 0.15) is 22.3 Å². The van der Waals surface area contributed by atoms with Crippen LogP contribution in [0.3, 0.4) is 0 Å².